The van der Waals surface area contributed by atoms with E-state index in [9.17, 15) is 0 Å². The smallest absolute Gasteiger partial charge is 0.135 e. The van der Waals surface area contributed by atoms with Crippen LogP contribution in [0.2, 0.25) is 0 Å². The van der Waals surface area contributed by atoms with Crippen molar-refractivity contribution in [1.29, 1.82) is 0 Å². The molecule has 0 amide bonds. The molecule has 0 radical (unpaired) electrons. The average Bonchev–Trinajstić information content (AvgIpc) is 2.77. The lowest BCUT2D eigenvalue weighted by Gasteiger charge is -2.40. The predicted octanol–water partition coefficient (Wildman–Crippen LogP) is 4.61. The maximum Gasteiger partial charge on any atom is 0.135 e. The topological polar surface area (TPSA) is 35.5 Å². The Labute approximate surface area is 179 Å². The molecule has 0 aromatic carbocycles. The normalized spacial score (nSPS) is 20.1. The monoisotopic (exact) mass is 403 g/mol. The number of aromatic nitrogens is 2. The van der Waals surface area contributed by atoms with Crippen molar-refractivity contribution in [3.63, 3.8) is 0 Å². The van der Waals surface area contributed by atoms with Crippen LogP contribution in [0.4, 0.5) is 5.82 Å². The molecule has 0 N–H and O–H groups in total. The van der Waals surface area contributed by atoms with Crippen LogP contribution in [0.3, 0.4) is 0 Å². The van der Waals surface area contributed by atoms with E-state index in [1.807, 2.05) is 0 Å². The van der Waals surface area contributed by atoms with E-state index < -0.39 is 0 Å². The first-order valence-corrected chi connectivity index (χ1v) is 12.0. The highest BCUT2D eigenvalue weighted by atomic mass is 15.3. The zero-order valence-electron chi connectivity index (χ0n) is 20.1. The Balaban J connectivity index is 0.000000687. The maximum atomic E-state index is 4.68. The number of hydrogen-bond acceptors (Lipinski definition) is 5. The molecular formula is C24H45N5. The third-order valence-corrected chi connectivity index (χ3v) is 6.90. The second-order valence-electron chi connectivity index (χ2n) is 9.09. The van der Waals surface area contributed by atoms with Gasteiger partial charge in [-0.25, -0.2) is 9.97 Å². The van der Waals surface area contributed by atoms with Crippen LogP contribution in [0, 0.1) is 5.92 Å². The Hall–Kier alpha value is -1.20. The first-order valence-electron chi connectivity index (χ1n) is 12.0. The molecule has 5 heteroatoms. The van der Waals surface area contributed by atoms with Gasteiger partial charge in [-0.3, -0.25) is 9.80 Å². The summed E-state index contributed by atoms with van der Waals surface area (Å²) < 4.78 is 0. The Morgan fingerprint density at radius 3 is 2.07 bits per heavy atom. The SMILES string of the molecule is CCC(C)C(C)N1CCc2c(ncnc2N2CCN(C(C)C)CC2)C1.CCCC. The van der Waals surface area contributed by atoms with Gasteiger partial charge in [0.25, 0.3) is 0 Å². The molecule has 0 spiro atoms. The summed E-state index contributed by atoms with van der Waals surface area (Å²) in [5.41, 5.74) is 2.64. The van der Waals surface area contributed by atoms with Gasteiger partial charge in [-0.05, 0) is 33.1 Å². The standard InChI is InChI=1S/C20H35N5.C4H10/c1-6-16(4)17(5)25-8-7-18-19(13-25)21-14-22-20(18)24-11-9-23(10-12-24)15(2)3;1-3-4-2/h14-17H,6-13H2,1-5H3;3-4H2,1-2H3. The fraction of sp³-hybridized carbons (Fsp3) is 0.833. The highest BCUT2D eigenvalue weighted by Crippen LogP contribution is 2.28. The van der Waals surface area contributed by atoms with E-state index in [-0.39, 0.29) is 0 Å². The van der Waals surface area contributed by atoms with E-state index in [0.717, 1.165) is 51.6 Å². The van der Waals surface area contributed by atoms with Crippen LogP contribution < -0.4 is 4.90 Å². The van der Waals surface area contributed by atoms with Crippen LogP contribution in [0.15, 0.2) is 6.33 Å². The van der Waals surface area contributed by atoms with Crippen LogP contribution in [0.25, 0.3) is 0 Å². The molecule has 1 aromatic rings. The highest BCUT2D eigenvalue weighted by molar-refractivity contribution is 5.50. The van der Waals surface area contributed by atoms with Crippen molar-refractivity contribution in [3.8, 4) is 0 Å². The molecule has 0 aliphatic carbocycles. The van der Waals surface area contributed by atoms with Gasteiger partial charge >= 0.3 is 0 Å². The van der Waals surface area contributed by atoms with Gasteiger partial charge in [0.15, 0.2) is 0 Å². The Morgan fingerprint density at radius 1 is 0.862 bits per heavy atom. The molecule has 3 heterocycles. The number of piperazine rings is 1. The molecule has 0 bridgehead atoms. The zero-order valence-corrected chi connectivity index (χ0v) is 20.1. The van der Waals surface area contributed by atoms with Crippen molar-refractivity contribution < 1.29 is 0 Å². The van der Waals surface area contributed by atoms with Gasteiger partial charge in [-0.1, -0.05) is 47.0 Å². The Bertz CT molecular complexity index is 593. The zero-order chi connectivity index (χ0) is 21.4. The van der Waals surface area contributed by atoms with E-state index in [1.165, 1.54) is 36.3 Å². The number of unbranched alkanes of at least 4 members (excludes halogenated alkanes) is 1. The lowest BCUT2D eigenvalue weighted by Crippen LogP contribution is -2.49. The van der Waals surface area contributed by atoms with Crippen LogP contribution >= 0.6 is 0 Å². The van der Waals surface area contributed by atoms with E-state index in [1.54, 1.807) is 6.33 Å². The fourth-order valence-electron chi connectivity index (χ4n) is 4.13. The molecular weight excluding hydrogens is 358 g/mol. The second kappa shape index (κ2) is 11.8. The van der Waals surface area contributed by atoms with E-state index in [0.29, 0.717) is 12.1 Å². The lowest BCUT2D eigenvalue weighted by atomic mass is 9.96. The minimum Gasteiger partial charge on any atom is -0.354 e. The second-order valence-corrected chi connectivity index (χ2v) is 9.09. The summed E-state index contributed by atoms with van der Waals surface area (Å²) in [6.45, 7) is 22.5. The molecule has 166 valence electrons. The van der Waals surface area contributed by atoms with Crippen LogP contribution in [0.1, 0.15) is 79.0 Å². The van der Waals surface area contributed by atoms with Crippen LogP contribution in [-0.2, 0) is 13.0 Å². The van der Waals surface area contributed by atoms with Crippen LogP contribution in [0.5, 0.6) is 0 Å². The quantitative estimate of drug-likeness (QED) is 0.693. The molecule has 2 atom stereocenters. The number of rotatable bonds is 6. The average molecular weight is 404 g/mol. The molecule has 0 saturated carbocycles. The van der Waals surface area contributed by atoms with E-state index >= 15 is 0 Å². The van der Waals surface area contributed by atoms with E-state index in [4.69, 9.17) is 0 Å². The summed E-state index contributed by atoms with van der Waals surface area (Å²) >= 11 is 0. The van der Waals surface area contributed by atoms with Gasteiger partial charge in [-0.15, -0.1) is 0 Å². The molecule has 5 nitrogen and oxygen atoms in total. The van der Waals surface area contributed by atoms with Crippen molar-refractivity contribution in [3.05, 3.63) is 17.6 Å². The maximum absolute atomic E-state index is 4.68. The van der Waals surface area contributed by atoms with Gasteiger partial charge in [0.1, 0.15) is 12.1 Å². The van der Waals surface area contributed by atoms with Crippen LogP contribution in [-0.4, -0.2) is 64.6 Å². The summed E-state index contributed by atoms with van der Waals surface area (Å²) in [5.74, 6) is 1.93. The third-order valence-electron chi connectivity index (χ3n) is 6.90. The highest BCUT2D eigenvalue weighted by Gasteiger charge is 2.29. The lowest BCUT2D eigenvalue weighted by molar-refractivity contribution is 0.141. The van der Waals surface area contributed by atoms with Gasteiger partial charge in [-0.2, -0.15) is 0 Å². The van der Waals surface area contributed by atoms with E-state index in [2.05, 4.69) is 73.1 Å². The number of nitrogens with zero attached hydrogens (tertiary/aromatic N) is 5. The predicted molar refractivity (Wildman–Crippen MR) is 125 cm³/mol. The molecule has 2 unspecified atom stereocenters. The number of anilines is 1. The largest absolute Gasteiger partial charge is 0.354 e. The van der Waals surface area contributed by atoms with Crippen molar-refractivity contribution >= 4 is 5.82 Å². The molecule has 1 aromatic heterocycles. The number of fused-ring (bicyclic) bond motifs is 1. The van der Waals surface area contributed by atoms with Gasteiger partial charge in [0.2, 0.25) is 0 Å². The summed E-state index contributed by atoms with van der Waals surface area (Å²) in [7, 11) is 0. The van der Waals surface area contributed by atoms with Gasteiger partial charge in [0, 0.05) is 56.9 Å². The fourth-order valence-corrected chi connectivity index (χ4v) is 4.13. The van der Waals surface area contributed by atoms with Crippen molar-refractivity contribution in [1.82, 2.24) is 19.8 Å². The number of hydrogen-bond donors (Lipinski definition) is 0. The summed E-state index contributed by atoms with van der Waals surface area (Å²) in [5, 5.41) is 0. The first-order chi connectivity index (χ1) is 13.9. The first kappa shape index (κ1) is 24.1. The molecule has 1 fully saturated rings. The molecule has 29 heavy (non-hydrogen) atoms. The van der Waals surface area contributed by atoms with Crippen molar-refractivity contribution in [2.24, 2.45) is 5.92 Å². The molecule has 2 aliphatic rings. The summed E-state index contributed by atoms with van der Waals surface area (Å²) in [6, 6.07) is 1.25. The summed E-state index contributed by atoms with van der Waals surface area (Å²) in [6.07, 6.45) is 6.73. The minimum absolute atomic E-state index is 0.617. The summed E-state index contributed by atoms with van der Waals surface area (Å²) in [4.78, 5) is 17.0. The molecule has 3 rings (SSSR count). The minimum atomic E-state index is 0.617. The molecule has 1 saturated heterocycles. The van der Waals surface area contributed by atoms with Crippen molar-refractivity contribution in [2.75, 3.05) is 37.6 Å². The third kappa shape index (κ3) is 6.39. The van der Waals surface area contributed by atoms with Gasteiger partial charge in [0.05, 0.1) is 5.69 Å². The van der Waals surface area contributed by atoms with Gasteiger partial charge < -0.3 is 4.90 Å². The Kier molecular flexibility index (Phi) is 9.84. The van der Waals surface area contributed by atoms with Crippen molar-refractivity contribution in [2.45, 2.75) is 92.8 Å². The molecule has 2 aliphatic heterocycles. The Morgan fingerprint density at radius 2 is 1.52 bits per heavy atom.